The van der Waals surface area contributed by atoms with E-state index in [1.807, 2.05) is 4.90 Å². The molecule has 3 unspecified atom stereocenters. The van der Waals surface area contributed by atoms with Crippen molar-refractivity contribution in [1.82, 2.24) is 15.8 Å². The number of fused-ring (bicyclic) bond motifs is 1. The van der Waals surface area contributed by atoms with Gasteiger partial charge in [-0.1, -0.05) is 12.5 Å². The molecule has 2 amide bonds. The smallest absolute Gasteiger partial charge is 0.321 e. The van der Waals surface area contributed by atoms with Crippen molar-refractivity contribution in [2.24, 2.45) is 11.8 Å². The summed E-state index contributed by atoms with van der Waals surface area (Å²) in [6, 6.07) is 5.58. The fourth-order valence-electron chi connectivity index (χ4n) is 4.08. The Bertz CT molecular complexity index is 639. The molecule has 2 saturated heterocycles. The first-order valence-corrected chi connectivity index (χ1v) is 9.44. The van der Waals surface area contributed by atoms with Gasteiger partial charge in [-0.15, -0.1) is 0 Å². The quantitative estimate of drug-likeness (QED) is 0.719. The third-order valence-corrected chi connectivity index (χ3v) is 6.31. The lowest BCUT2D eigenvalue weighted by Crippen LogP contribution is -2.51. The minimum atomic E-state index is -0.433. The molecule has 4 rings (SSSR count). The Balaban J connectivity index is 1.42. The fourth-order valence-corrected chi connectivity index (χ4v) is 4.45. The number of amides is 2. The molecule has 0 spiro atoms. The largest absolute Gasteiger partial charge is 0.324 e. The van der Waals surface area contributed by atoms with E-state index in [4.69, 9.17) is 0 Å². The summed E-state index contributed by atoms with van der Waals surface area (Å²) in [5.74, 6) is 0.720. The number of nitrogens with zero attached hydrogens (tertiary/aromatic N) is 1. The number of hydrogen-bond donors (Lipinski definition) is 3. The summed E-state index contributed by atoms with van der Waals surface area (Å²) < 4.78 is 14.4. The number of piperidine rings is 1. The Morgan fingerprint density at radius 1 is 1.29 bits per heavy atom. The van der Waals surface area contributed by atoms with Gasteiger partial charge in [-0.05, 0) is 53.2 Å². The summed E-state index contributed by atoms with van der Waals surface area (Å²) in [7, 11) is 0. The molecule has 0 bridgehead atoms. The second-order valence-electron chi connectivity index (χ2n) is 7.04. The summed E-state index contributed by atoms with van der Waals surface area (Å²) in [6.07, 6.45) is 4.79. The van der Waals surface area contributed by atoms with Crippen molar-refractivity contribution >= 4 is 27.6 Å². The van der Waals surface area contributed by atoms with Gasteiger partial charge in [0, 0.05) is 31.1 Å². The minimum Gasteiger partial charge on any atom is -0.324 e. The van der Waals surface area contributed by atoms with Crippen molar-refractivity contribution in [3.05, 3.63) is 28.5 Å². The molecule has 3 aliphatic rings. The van der Waals surface area contributed by atoms with E-state index in [9.17, 15) is 9.18 Å². The van der Waals surface area contributed by atoms with Crippen LogP contribution in [-0.2, 0) is 0 Å². The summed E-state index contributed by atoms with van der Waals surface area (Å²) >= 11 is 3.15. The van der Waals surface area contributed by atoms with Crippen LogP contribution in [0.4, 0.5) is 14.9 Å². The Hall–Kier alpha value is -1.18. The van der Waals surface area contributed by atoms with Gasteiger partial charge in [0.2, 0.25) is 0 Å². The number of hydrazine groups is 1. The highest BCUT2D eigenvalue weighted by Gasteiger charge is 2.45. The maximum absolute atomic E-state index is 14.1. The average Bonchev–Trinajstić information content (AvgIpc) is 2.93. The van der Waals surface area contributed by atoms with Crippen LogP contribution in [-0.4, -0.2) is 36.1 Å². The van der Waals surface area contributed by atoms with Crippen LogP contribution in [0, 0.1) is 17.7 Å². The maximum atomic E-state index is 14.1. The van der Waals surface area contributed by atoms with E-state index in [2.05, 4.69) is 32.1 Å². The van der Waals surface area contributed by atoms with E-state index < -0.39 is 5.82 Å². The van der Waals surface area contributed by atoms with Crippen LogP contribution >= 0.6 is 15.9 Å². The van der Waals surface area contributed by atoms with Crippen LogP contribution in [0.15, 0.2) is 22.7 Å². The molecule has 24 heavy (non-hydrogen) atoms. The normalized spacial score (nSPS) is 29.9. The highest BCUT2D eigenvalue weighted by atomic mass is 79.9. The number of urea groups is 1. The molecule has 1 aromatic rings. The van der Waals surface area contributed by atoms with Crippen LogP contribution in [0.25, 0.3) is 0 Å². The standard InChI is InChI=1S/C17H22BrFN4O/c18-12-5-2-6-14(15(12)19)20-17(24)23-8-7-13-11(9-23)16(22-21-13)10-3-1-4-10/h2,5-6,10-11,13,16,21-22H,1,3-4,7-9H2,(H,20,24). The minimum absolute atomic E-state index is 0.217. The lowest BCUT2D eigenvalue weighted by Gasteiger charge is -2.40. The Morgan fingerprint density at radius 2 is 2.12 bits per heavy atom. The number of halogens is 2. The number of anilines is 1. The van der Waals surface area contributed by atoms with Crippen molar-refractivity contribution in [2.75, 3.05) is 18.4 Å². The number of hydrogen-bond acceptors (Lipinski definition) is 3. The van der Waals surface area contributed by atoms with Gasteiger partial charge in [-0.25, -0.2) is 9.18 Å². The van der Waals surface area contributed by atoms with E-state index in [1.54, 1.807) is 18.2 Å². The number of rotatable bonds is 2. The van der Waals surface area contributed by atoms with E-state index >= 15 is 0 Å². The number of benzene rings is 1. The van der Waals surface area contributed by atoms with Crippen LogP contribution in [0.5, 0.6) is 0 Å². The highest BCUT2D eigenvalue weighted by Crippen LogP contribution is 2.37. The van der Waals surface area contributed by atoms with Gasteiger partial charge in [-0.3, -0.25) is 10.9 Å². The van der Waals surface area contributed by atoms with Crippen molar-refractivity contribution in [2.45, 2.75) is 37.8 Å². The molecule has 1 aromatic carbocycles. The molecule has 3 atom stereocenters. The monoisotopic (exact) mass is 396 g/mol. The van der Waals surface area contributed by atoms with Crippen LogP contribution in [0.3, 0.4) is 0 Å². The second kappa shape index (κ2) is 6.61. The number of nitrogens with one attached hydrogen (secondary N) is 3. The zero-order chi connectivity index (χ0) is 16.7. The first-order chi connectivity index (χ1) is 11.6. The third-order valence-electron chi connectivity index (χ3n) is 5.69. The predicted octanol–water partition coefficient (Wildman–Crippen LogP) is 3.09. The Kier molecular flexibility index (Phi) is 4.49. The van der Waals surface area contributed by atoms with Crippen molar-refractivity contribution < 1.29 is 9.18 Å². The maximum Gasteiger partial charge on any atom is 0.321 e. The Morgan fingerprint density at radius 3 is 2.88 bits per heavy atom. The number of likely N-dealkylation sites (tertiary alicyclic amines) is 1. The zero-order valence-electron chi connectivity index (χ0n) is 13.4. The Labute approximate surface area is 149 Å². The summed E-state index contributed by atoms with van der Waals surface area (Å²) in [4.78, 5) is 14.4. The van der Waals surface area contributed by atoms with E-state index in [1.165, 1.54) is 19.3 Å². The van der Waals surface area contributed by atoms with E-state index in [0.29, 0.717) is 35.6 Å². The predicted molar refractivity (Wildman–Crippen MR) is 94.0 cm³/mol. The molecule has 1 saturated carbocycles. The molecular formula is C17H22BrFN4O. The van der Waals surface area contributed by atoms with Gasteiger partial charge >= 0.3 is 6.03 Å². The molecule has 7 heteroatoms. The first kappa shape index (κ1) is 16.3. The molecule has 3 fully saturated rings. The molecular weight excluding hydrogens is 375 g/mol. The highest BCUT2D eigenvalue weighted by molar-refractivity contribution is 9.10. The molecule has 5 nitrogen and oxygen atoms in total. The molecule has 0 aromatic heterocycles. The van der Waals surface area contributed by atoms with Crippen molar-refractivity contribution in [3.63, 3.8) is 0 Å². The molecule has 2 aliphatic heterocycles. The van der Waals surface area contributed by atoms with Gasteiger partial charge in [0.15, 0.2) is 5.82 Å². The third kappa shape index (κ3) is 2.93. The molecule has 130 valence electrons. The van der Waals surface area contributed by atoms with E-state index in [-0.39, 0.29) is 11.7 Å². The van der Waals surface area contributed by atoms with Crippen LogP contribution in [0.1, 0.15) is 25.7 Å². The second-order valence-corrected chi connectivity index (χ2v) is 7.90. The van der Waals surface area contributed by atoms with Crippen molar-refractivity contribution in [3.8, 4) is 0 Å². The summed E-state index contributed by atoms with van der Waals surface area (Å²) in [5, 5.41) is 2.71. The van der Waals surface area contributed by atoms with Gasteiger partial charge in [-0.2, -0.15) is 0 Å². The SMILES string of the molecule is O=C(Nc1cccc(Br)c1F)N1CCC2NNC(C3CCC3)C2C1. The lowest BCUT2D eigenvalue weighted by atomic mass is 9.73. The molecule has 3 N–H and O–H groups in total. The van der Waals surface area contributed by atoms with Gasteiger partial charge < -0.3 is 10.2 Å². The van der Waals surface area contributed by atoms with Crippen molar-refractivity contribution in [1.29, 1.82) is 0 Å². The molecule has 0 radical (unpaired) electrons. The topological polar surface area (TPSA) is 56.4 Å². The molecule has 2 heterocycles. The van der Waals surface area contributed by atoms with Gasteiger partial charge in [0.05, 0.1) is 10.2 Å². The average molecular weight is 397 g/mol. The fraction of sp³-hybridized carbons (Fsp3) is 0.588. The van der Waals surface area contributed by atoms with Crippen LogP contribution < -0.4 is 16.2 Å². The number of carbonyl (C=O) groups excluding carboxylic acids is 1. The summed E-state index contributed by atoms with van der Waals surface area (Å²) in [5.41, 5.74) is 7.08. The molecule has 1 aliphatic carbocycles. The number of carbonyl (C=O) groups is 1. The van der Waals surface area contributed by atoms with Gasteiger partial charge in [0.1, 0.15) is 0 Å². The first-order valence-electron chi connectivity index (χ1n) is 8.64. The van der Waals surface area contributed by atoms with Gasteiger partial charge in [0.25, 0.3) is 0 Å². The summed E-state index contributed by atoms with van der Waals surface area (Å²) in [6.45, 7) is 1.40. The van der Waals surface area contributed by atoms with E-state index in [0.717, 1.165) is 12.3 Å². The van der Waals surface area contributed by atoms with Crippen LogP contribution in [0.2, 0.25) is 0 Å². The lowest BCUT2D eigenvalue weighted by molar-refractivity contribution is 0.137. The zero-order valence-corrected chi connectivity index (χ0v) is 15.0.